The number of hydrogen-bond acceptors (Lipinski definition) is 3. The summed E-state index contributed by atoms with van der Waals surface area (Å²) in [6, 6.07) is 16.3. The van der Waals surface area contributed by atoms with E-state index < -0.39 is 0 Å². The Balaban J connectivity index is 1.50. The molecule has 2 aliphatic rings. The number of hydrogen-bond donors (Lipinski definition) is 0. The van der Waals surface area contributed by atoms with E-state index in [9.17, 15) is 4.79 Å². The number of nitrogens with zero attached hydrogens (tertiary/aromatic N) is 3. The van der Waals surface area contributed by atoms with E-state index in [0.29, 0.717) is 11.6 Å². The highest BCUT2D eigenvalue weighted by molar-refractivity contribution is 5.99. The van der Waals surface area contributed by atoms with Crippen molar-refractivity contribution >= 4 is 5.91 Å². The lowest BCUT2D eigenvalue weighted by Gasteiger charge is -2.36. The molecule has 1 saturated heterocycles. The molecule has 4 rings (SSSR count). The molecular weight excluding hydrogens is 334 g/mol. The fourth-order valence-electron chi connectivity index (χ4n) is 4.33. The quantitative estimate of drug-likeness (QED) is 0.827. The number of piperidine rings is 1. The summed E-state index contributed by atoms with van der Waals surface area (Å²) in [6.45, 7) is 6.29. The van der Waals surface area contributed by atoms with E-state index in [1.165, 1.54) is 6.42 Å². The first-order chi connectivity index (χ1) is 13.2. The number of benzene rings is 2. The van der Waals surface area contributed by atoms with Gasteiger partial charge >= 0.3 is 0 Å². The SMILES string of the molecule is CCCN1CCC(N2Cc3cc(-c4ccc(C#N)cc4)ccc3C2=O)CC1. The summed E-state index contributed by atoms with van der Waals surface area (Å²) in [6.07, 6.45) is 3.33. The highest BCUT2D eigenvalue weighted by Gasteiger charge is 2.34. The van der Waals surface area contributed by atoms with Crippen LogP contribution >= 0.6 is 0 Å². The van der Waals surface area contributed by atoms with Crippen LogP contribution in [0.5, 0.6) is 0 Å². The van der Waals surface area contributed by atoms with E-state index in [-0.39, 0.29) is 5.91 Å². The van der Waals surface area contributed by atoms with Crippen LogP contribution in [0.25, 0.3) is 11.1 Å². The minimum absolute atomic E-state index is 0.185. The number of carbonyl (C=O) groups is 1. The predicted molar refractivity (Wildman–Crippen MR) is 106 cm³/mol. The summed E-state index contributed by atoms with van der Waals surface area (Å²) in [5.41, 5.74) is 4.82. The molecule has 0 saturated carbocycles. The van der Waals surface area contributed by atoms with Crippen LogP contribution in [0.2, 0.25) is 0 Å². The van der Waals surface area contributed by atoms with Gasteiger partial charge in [0.15, 0.2) is 0 Å². The summed E-state index contributed by atoms with van der Waals surface area (Å²) in [7, 11) is 0. The summed E-state index contributed by atoms with van der Waals surface area (Å²) >= 11 is 0. The third-order valence-electron chi connectivity index (χ3n) is 5.82. The fraction of sp³-hybridized carbons (Fsp3) is 0.391. The lowest BCUT2D eigenvalue weighted by Crippen LogP contribution is -2.45. The fourth-order valence-corrected chi connectivity index (χ4v) is 4.33. The van der Waals surface area contributed by atoms with E-state index in [2.05, 4.69) is 28.9 Å². The van der Waals surface area contributed by atoms with Gasteiger partial charge in [-0.1, -0.05) is 25.1 Å². The minimum Gasteiger partial charge on any atom is -0.331 e. The van der Waals surface area contributed by atoms with Gasteiger partial charge in [-0.25, -0.2) is 0 Å². The molecule has 4 nitrogen and oxygen atoms in total. The highest BCUT2D eigenvalue weighted by atomic mass is 16.2. The van der Waals surface area contributed by atoms with Crippen molar-refractivity contribution in [2.75, 3.05) is 19.6 Å². The monoisotopic (exact) mass is 359 g/mol. The molecule has 27 heavy (non-hydrogen) atoms. The van der Waals surface area contributed by atoms with Crippen LogP contribution in [0.1, 0.15) is 47.7 Å². The Hall–Kier alpha value is -2.64. The van der Waals surface area contributed by atoms with Gasteiger partial charge in [0, 0.05) is 31.2 Å². The molecular formula is C23H25N3O. The smallest absolute Gasteiger partial charge is 0.254 e. The van der Waals surface area contributed by atoms with Crippen LogP contribution in [-0.2, 0) is 6.54 Å². The Labute approximate surface area is 161 Å². The van der Waals surface area contributed by atoms with Crippen LogP contribution in [0.3, 0.4) is 0 Å². The second-order valence-corrected chi connectivity index (χ2v) is 7.57. The highest BCUT2D eigenvalue weighted by Crippen LogP contribution is 2.32. The molecule has 1 fully saturated rings. The van der Waals surface area contributed by atoms with Crippen molar-refractivity contribution in [2.24, 2.45) is 0 Å². The van der Waals surface area contributed by atoms with Gasteiger partial charge in [0.2, 0.25) is 0 Å². The molecule has 0 aliphatic carbocycles. The number of nitriles is 1. The second-order valence-electron chi connectivity index (χ2n) is 7.57. The first-order valence-corrected chi connectivity index (χ1v) is 9.86. The van der Waals surface area contributed by atoms with Crippen LogP contribution in [0, 0.1) is 11.3 Å². The molecule has 0 radical (unpaired) electrons. The molecule has 2 aliphatic heterocycles. The zero-order chi connectivity index (χ0) is 18.8. The van der Waals surface area contributed by atoms with Gasteiger partial charge in [-0.3, -0.25) is 4.79 Å². The average Bonchev–Trinajstić information content (AvgIpc) is 3.05. The van der Waals surface area contributed by atoms with Gasteiger partial charge in [0.05, 0.1) is 11.6 Å². The predicted octanol–water partition coefficient (Wildman–Crippen LogP) is 4.06. The Morgan fingerprint density at radius 1 is 1.07 bits per heavy atom. The van der Waals surface area contributed by atoms with Gasteiger partial charge in [0.25, 0.3) is 5.91 Å². The van der Waals surface area contributed by atoms with E-state index in [1.54, 1.807) is 0 Å². The molecule has 2 aromatic rings. The molecule has 0 atom stereocenters. The Morgan fingerprint density at radius 3 is 2.44 bits per heavy atom. The first-order valence-electron chi connectivity index (χ1n) is 9.86. The molecule has 138 valence electrons. The normalized spacial score (nSPS) is 17.8. The maximum Gasteiger partial charge on any atom is 0.254 e. The molecule has 2 aromatic carbocycles. The zero-order valence-electron chi connectivity index (χ0n) is 15.8. The molecule has 1 amide bonds. The molecule has 0 aromatic heterocycles. The third-order valence-corrected chi connectivity index (χ3v) is 5.82. The lowest BCUT2D eigenvalue weighted by atomic mass is 10.00. The average molecular weight is 359 g/mol. The number of rotatable bonds is 4. The lowest BCUT2D eigenvalue weighted by molar-refractivity contribution is 0.0597. The van der Waals surface area contributed by atoms with Crippen molar-refractivity contribution < 1.29 is 4.79 Å². The topological polar surface area (TPSA) is 47.3 Å². The molecule has 0 unspecified atom stereocenters. The molecule has 0 bridgehead atoms. The number of fused-ring (bicyclic) bond motifs is 1. The Morgan fingerprint density at radius 2 is 1.78 bits per heavy atom. The third kappa shape index (κ3) is 3.48. The van der Waals surface area contributed by atoms with Crippen LogP contribution < -0.4 is 0 Å². The summed E-state index contributed by atoms with van der Waals surface area (Å²) in [5.74, 6) is 0.185. The molecule has 4 heteroatoms. The van der Waals surface area contributed by atoms with Gasteiger partial charge in [-0.2, -0.15) is 5.26 Å². The van der Waals surface area contributed by atoms with Crippen molar-refractivity contribution in [3.8, 4) is 17.2 Å². The van der Waals surface area contributed by atoms with Gasteiger partial charge in [-0.15, -0.1) is 0 Å². The largest absolute Gasteiger partial charge is 0.331 e. The Kier molecular flexibility index (Phi) is 4.96. The number of carbonyl (C=O) groups excluding carboxylic acids is 1. The summed E-state index contributed by atoms with van der Waals surface area (Å²) < 4.78 is 0. The van der Waals surface area contributed by atoms with Crippen LogP contribution in [-0.4, -0.2) is 41.4 Å². The van der Waals surface area contributed by atoms with Gasteiger partial charge in [0.1, 0.15) is 0 Å². The maximum absolute atomic E-state index is 12.9. The molecule has 0 N–H and O–H groups in total. The Bertz CT molecular complexity index is 873. The summed E-state index contributed by atoms with van der Waals surface area (Å²) in [4.78, 5) is 17.5. The van der Waals surface area contributed by atoms with Gasteiger partial charge < -0.3 is 9.80 Å². The van der Waals surface area contributed by atoms with E-state index in [4.69, 9.17) is 5.26 Å². The van der Waals surface area contributed by atoms with Gasteiger partial charge in [-0.05, 0) is 66.8 Å². The maximum atomic E-state index is 12.9. The van der Waals surface area contributed by atoms with Crippen molar-refractivity contribution in [2.45, 2.75) is 38.8 Å². The van der Waals surface area contributed by atoms with Crippen molar-refractivity contribution in [1.29, 1.82) is 5.26 Å². The van der Waals surface area contributed by atoms with E-state index >= 15 is 0 Å². The van der Waals surface area contributed by atoms with Crippen molar-refractivity contribution in [3.05, 3.63) is 59.2 Å². The standard InChI is InChI=1S/C23H25N3O/c1-2-11-25-12-9-21(10-13-25)26-16-20-14-19(7-8-22(20)23(26)27)18-5-3-17(15-24)4-6-18/h3-8,14,21H,2,9-13,16H2,1H3. The minimum atomic E-state index is 0.185. The van der Waals surface area contributed by atoms with Crippen molar-refractivity contribution in [1.82, 2.24) is 9.80 Å². The van der Waals surface area contributed by atoms with Crippen molar-refractivity contribution in [3.63, 3.8) is 0 Å². The van der Waals surface area contributed by atoms with E-state index in [1.807, 2.05) is 36.4 Å². The van der Waals surface area contributed by atoms with Crippen LogP contribution in [0.15, 0.2) is 42.5 Å². The molecule has 0 spiro atoms. The number of amides is 1. The first kappa shape index (κ1) is 17.8. The van der Waals surface area contributed by atoms with E-state index in [0.717, 1.165) is 61.3 Å². The molecule has 2 heterocycles. The summed E-state index contributed by atoms with van der Waals surface area (Å²) in [5, 5.41) is 8.96. The number of likely N-dealkylation sites (tertiary alicyclic amines) is 1. The second kappa shape index (κ2) is 7.54. The zero-order valence-corrected chi connectivity index (χ0v) is 15.8. The van der Waals surface area contributed by atoms with Crippen LogP contribution in [0.4, 0.5) is 0 Å².